The van der Waals surface area contributed by atoms with Gasteiger partial charge in [0.2, 0.25) is 0 Å². The molecule has 0 atom stereocenters. The molecule has 1 rings (SSSR count). The van der Waals surface area contributed by atoms with Crippen LogP contribution in [0.1, 0.15) is 11.1 Å². The number of aromatic nitrogens is 1. The number of aryl methyl sites for hydroxylation is 1. The fraction of sp³-hybridized carbons (Fsp3) is 0.286. The first-order valence-electron chi connectivity index (χ1n) is 2.90. The maximum Gasteiger partial charge on any atom is 0.133 e. The van der Waals surface area contributed by atoms with E-state index in [9.17, 15) is 0 Å². The van der Waals surface area contributed by atoms with E-state index in [2.05, 4.69) is 27.6 Å². The molecule has 1 aromatic rings. The Morgan fingerprint density at radius 1 is 1.50 bits per heavy atom. The van der Waals surface area contributed by atoms with Crippen molar-refractivity contribution in [2.45, 2.75) is 13.8 Å². The molecule has 0 saturated heterocycles. The SMILES string of the molecule is Cc1cc(I)nc(Cl)c1C. The Balaban J connectivity index is 3.31. The molecular weight excluding hydrogens is 260 g/mol. The average Bonchev–Trinajstić information content (AvgIpc) is 1.82. The van der Waals surface area contributed by atoms with Crippen LogP contribution in [0.5, 0.6) is 0 Å². The number of rotatable bonds is 0. The molecule has 0 aliphatic carbocycles. The number of halogens is 2. The molecule has 1 heterocycles. The summed E-state index contributed by atoms with van der Waals surface area (Å²) in [5.74, 6) is 0. The van der Waals surface area contributed by atoms with Gasteiger partial charge < -0.3 is 0 Å². The second kappa shape index (κ2) is 3.05. The third-order valence-electron chi connectivity index (χ3n) is 1.44. The Kier molecular flexibility index (Phi) is 2.52. The van der Waals surface area contributed by atoms with Crippen LogP contribution in [0, 0.1) is 17.5 Å². The Morgan fingerprint density at radius 2 is 2.10 bits per heavy atom. The smallest absolute Gasteiger partial charge is 0.133 e. The normalized spacial score (nSPS) is 10.0. The Labute approximate surface area is 78.9 Å². The minimum absolute atomic E-state index is 0.615. The van der Waals surface area contributed by atoms with Gasteiger partial charge in [-0.15, -0.1) is 0 Å². The lowest BCUT2D eigenvalue weighted by molar-refractivity contribution is 1.18. The summed E-state index contributed by atoms with van der Waals surface area (Å²) in [5, 5.41) is 0.615. The van der Waals surface area contributed by atoms with E-state index in [1.165, 1.54) is 5.56 Å². The van der Waals surface area contributed by atoms with Crippen LogP contribution < -0.4 is 0 Å². The molecule has 54 valence electrons. The third kappa shape index (κ3) is 1.61. The van der Waals surface area contributed by atoms with E-state index in [-0.39, 0.29) is 0 Å². The molecule has 0 radical (unpaired) electrons. The minimum Gasteiger partial charge on any atom is -0.230 e. The zero-order valence-corrected chi connectivity index (χ0v) is 8.69. The summed E-state index contributed by atoms with van der Waals surface area (Å²) in [5.41, 5.74) is 2.27. The van der Waals surface area contributed by atoms with Crippen molar-refractivity contribution in [2.24, 2.45) is 0 Å². The van der Waals surface area contributed by atoms with Crippen molar-refractivity contribution >= 4 is 34.2 Å². The molecule has 1 nitrogen and oxygen atoms in total. The van der Waals surface area contributed by atoms with Gasteiger partial charge in [-0.25, -0.2) is 4.98 Å². The standard InChI is InChI=1S/C7H7ClIN/c1-4-3-6(9)10-7(8)5(4)2/h3H,1-2H3. The van der Waals surface area contributed by atoms with Crippen LogP contribution in [0.25, 0.3) is 0 Å². The third-order valence-corrected chi connectivity index (χ3v) is 2.36. The van der Waals surface area contributed by atoms with Gasteiger partial charge in [0, 0.05) is 0 Å². The molecule has 1 aromatic heterocycles. The monoisotopic (exact) mass is 267 g/mol. The summed E-state index contributed by atoms with van der Waals surface area (Å²) in [6, 6.07) is 2.02. The topological polar surface area (TPSA) is 12.9 Å². The molecule has 10 heavy (non-hydrogen) atoms. The van der Waals surface area contributed by atoms with E-state index in [1.54, 1.807) is 0 Å². The van der Waals surface area contributed by atoms with E-state index in [4.69, 9.17) is 11.6 Å². The first-order valence-corrected chi connectivity index (χ1v) is 4.36. The van der Waals surface area contributed by atoms with E-state index in [0.29, 0.717) is 5.15 Å². The lowest BCUT2D eigenvalue weighted by Gasteiger charge is -2.00. The molecule has 0 fully saturated rings. The maximum atomic E-state index is 5.80. The largest absolute Gasteiger partial charge is 0.230 e. The molecule has 0 aromatic carbocycles. The van der Waals surface area contributed by atoms with Crippen molar-refractivity contribution in [1.82, 2.24) is 4.98 Å². The number of nitrogens with zero attached hydrogens (tertiary/aromatic N) is 1. The highest BCUT2D eigenvalue weighted by Crippen LogP contribution is 2.17. The highest BCUT2D eigenvalue weighted by molar-refractivity contribution is 14.1. The van der Waals surface area contributed by atoms with Crippen LogP contribution in [-0.2, 0) is 0 Å². The van der Waals surface area contributed by atoms with Crippen LogP contribution in [-0.4, -0.2) is 4.98 Å². The molecule has 0 spiro atoms. The quantitative estimate of drug-likeness (QED) is 0.520. The lowest BCUT2D eigenvalue weighted by atomic mass is 10.2. The fourth-order valence-electron chi connectivity index (χ4n) is 0.660. The Morgan fingerprint density at radius 3 is 2.60 bits per heavy atom. The van der Waals surface area contributed by atoms with Crippen LogP contribution in [0.15, 0.2) is 6.07 Å². The predicted molar refractivity (Wildman–Crippen MR) is 51.4 cm³/mol. The second-order valence-corrected chi connectivity index (χ2v) is 3.64. The zero-order valence-electron chi connectivity index (χ0n) is 5.78. The zero-order chi connectivity index (χ0) is 7.72. The van der Waals surface area contributed by atoms with Gasteiger partial charge >= 0.3 is 0 Å². The van der Waals surface area contributed by atoms with E-state index in [0.717, 1.165) is 9.26 Å². The van der Waals surface area contributed by atoms with E-state index >= 15 is 0 Å². The molecule has 0 aliphatic heterocycles. The van der Waals surface area contributed by atoms with Gasteiger partial charge in [-0.2, -0.15) is 0 Å². The van der Waals surface area contributed by atoms with Crippen molar-refractivity contribution < 1.29 is 0 Å². The number of hydrogen-bond donors (Lipinski definition) is 0. The summed E-state index contributed by atoms with van der Waals surface area (Å²) >= 11 is 7.96. The highest BCUT2D eigenvalue weighted by atomic mass is 127. The molecule has 0 unspecified atom stereocenters. The van der Waals surface area contributed by atoms with Crippen molar-refractivity contribution in [2.75, 3.05) is 0 Å². The molecule has 0 saturated carbocycles. The molecule has 0 amide bonds. The Hall–Kier alpha value is 0.170. The molecule has 0 bridgehead atoms. The van der Waals surface area contributed by atoms with Gasteiger partial charge in [0.25, 0.3) is 0 Å². The molecule has 0 N–H and O–H groups in total. The van der Waals surface area contributed by atoms with Crippen LogP contribution in [0.3, 0.4) is 0 Å². The summed E-state index contributed by atoms with van der Waals surface area (Å²) in [4.78, 5) is 4.09. The Bertz CT molecular complexity index is 237. The van der Waals surface area contributed by atoms with Crippen LogP contribution >= 0.6 is 34.2 Å². The van der Waals surface area contributed by atoms with Gasteiger partial charge in [-0.1, -0.05) is 11.6 Å². The van der Waals surface area contributed by atoms with Gasteiger partial charge in [0.15, 0.2) is 0 Å². The summed E-state index contributed by atoms with van der Waals surface area (Å²) < 4.78 is 0.950. The molecule has 3 heteroatoms. The maximum absolute atomic E-state index is 5.80. The van der Waals surface area contributed by atoms with Crippen molar-refractivity contribution in [3.05, 3.63) is 26.0 Å². The number of hydrogen-bond acceptors (Lipinski definition) is 1. The lowest BCUT2D eigenvalue weighted by Crippen LogP contribution is -1.88. The van der Waals surface area contributed by atoms with Crippen LogP contribution in [0.2, 0.25) is 5.15 Å². The van der Waals surface area contributed by atoms with E-state index in [1.807, 2.05) is 19.9 Å². The van der Waals surface area contributed by atoms with E-state index < -0.39 is 0 Å². The summed E-state index contributed by atoms with van der Waals surface area (Å²) in [6.07, 6.45) is 0. The number of pyridine rings is 1. The van der Waals surface area contributed by atoms with Gasteiger partial charge in [-0.05, 0) is 53.6 Å². The minimum atomic E-state index is 0.615. The molecule has 0 aliphatic rings. The fourth-order valence-corrected chi connectivity index (χ4v) is 1.75. The van der Waals surface area contributed by atoms with Crippen molar-refractivity contribution in [3.63, 3.8) is 0 Å². The first-order chi connectivity index (χ1) is 4.61. The van der Waals surface area contributed by atoms with Crippen LogP contribution in [0.4, 0.5) is 0 Å². The van der Waals surface area contributed by atoms with Gasteiger partial charge in [-0.3, -0.25) is 0 Å². The average molecular weight is 267 g/mol. The molecular formula is C7H7ClIN. The highest BCUT2D eigenvalue weighted by Gasteiger charge is 2.00. The van der Waals surface area contributed by atoms with Crippen molar-refractivity contribution in [1.29, 1.82) is 0 Å². The first kappa shape index (κ1) is 8.27. The van der Waals surface area contributed by atoms with Gasteiger partial charge in [0.05, 0.1) is 0 Å². The summed E-state index contributed by atoms with van der Waals surface area (Å²) in [7, 11) is 0. The predicted octanol–water partition coefficient (Wildman–Crippen LogP) is 2.96. The second-order valence-electron chi connectivity index (χ2n) is 2.18. The van der Waals surface area contributed by atoms with Crippen molar-refractivity contribution in [3.8, 4) is 0 Å². The summed E-state index contributed by atoms with van der Waals surface area (Å²) in [6.45, 7) is 4.01. The van der Waals surface area contributed by atoms with Gasteiger partial charge in [0.1, 0.15) is 8.85 Å².